The zero-order chi connectivity index (χ0) is 23.6. The molecule has 0 saturated carbocycles. The van der Waals surface area contributed by atoms with Crippen LogP contribution in [0.4, 0.5) is 0 Å². The van der Waals surface area contributed by atoms with Gasteiger partial charge in [0.05, 0.1) is 0 Å². The van der Waals surface area contributed by atoms with Crippen molar-refractivity contribution in [2.75, 3.05) is 0 Å². The molecule has 0 amide bonds. The van der Waals surface area contributed by atoms with Gasteiger partial charge in [-0.15, -0.1) is 0 Å². The van der Waals surface area contributed by atoms with Crippen molar-refractivity contribution in [2.24, 2.45) is 0 Å². The molecule has 0 spiro atoms. The van der Waals surface area contributed by atoms with Crippen LogP contribution in [0, 0.1) is 0 Å². The molecular formula is C34H20O2. The average molecular weight is 461 g/mol. The molecular weight excluding hydrogens is 440 g/mol. The second-order valence-electron chi connectivity index (χ2n) is 9.30. The first-order chi connectivity index (χ1) is 17.8. The minimum atomic E-state index is 0.895. The minimum absolute atomic E-state index is 0.895. The SMILES string of the molecule is c1ccc2oc(-c3c4ccccc4c(-c4ccc5oc6ccccc6c5c4)c4ccccc34)cc2c1. The zero-order valence-corrected chi connectivity index (χ0v) is 19.4. The quantitative estimate of drug-likeness (QED) is 0.240. The van der Waals surface area contributed by atoms with Gasteiger partial charge >= 0.3 is 0 Å². The van der Waals surface area contributed by atoms with E-state index in [1.807, 2.05) is 24.3 Å². The molecule has 0 aliphatic heterocycles. The van der Waals surface area contributed by atoms with Gasteiger partial charge < -0.3 is 8.83 Å². The molecule has 0 N–H and O–H groups in total. The van der Waals surface area contributed by atoms with E-state index in [0.29, 0.717) is 0 Å². The summed E-state index contributed by atoms with van der Waals surface area (Å²) in [6.07, 6.45) is 0. The van der Waals surface area contributed by atoms with Crippen molar-refractivity contribution in [1.82, 2.24) is 0 Å². The van der Waals surface area contributed by atoms with Gasteiger partial charge in [-0.1, -0.05) is 91.0 Å². The topological polar surface area (TPSA) is 26.3 Å². The van der Waals surface area contributed by atoms with Gasteiger partial charge in [-0.2, -0.15) is 0 Å². The maximum atomic E-state index is 6.40. The number of para-hydroxylation sites is 2. The molecule has 6 aromatic carbocycles. The molecule has 2 aromatic heterocycles. The molecule has 8 aromatic rings. The molecule has 0 atom stereocenters. The van der Waals surface area contributed by atoms with Gasteiger partial charge in [0, 0.05) is 21.7 Å². The highest BCUT2D eigenvalue weighted by atomic mass is 16.3. The van der Waals surface area contributed by atoms with E-state index in [-0.39, 0.29) is 0 Å². The summed E-state index contributed by atoms with van der Waals surface area (Å²) in [7, 11) is 0. The van der Waals surface area contributed by atoms with E-state index in [0.717, 1.165) is 44.2 Å². The van der Waals surface area contributed by atoms with Crippen molar-refractivity contribution in [3.05, 3.63) is 121 Å². The van der Waals surface area contributed by atoms with Crippen LogP contribution in [0.3, 0.4) is 0 Å². The van der Waals surface area contributed by atoms with Crippen molar-refractivity contribution in [1.29, 1.82) is 0 Å². The molecule has 0 radical (unpaired) electrons. The molecule has 2 nitrogen and oxygen atoms in total. The molecule has 0 bridgehead atoms. The van der Waals surface area contributed by atoms with Crippen molar-refractivity contribution >= 4 is 54.5 Å². The highest BCUT2D eigenvalue weighted by molar-refractivity contribution is 6.22. The first-order valence-corrected chi connectivity index (χ1v) is 12.2. The molecule has 168 valence electrons. The van der Waals surface area contributed by atoms with Crippen molar-refractivity contribution in [2.45, 2.75) is 0 Å². The number of benzene rings is 6. The molecule has 0 fully saturated rings. The van der Waals surface area contributed by atoms with Gasteiger partial charge in [-0.05, 0) is 63.0 Å². The monoisotopic (exact) mass is 460 g/mol. The number of furan rings is 2. The molecule has 0 aliphatic carbocycles. The smallest absolute Gasteiger partial charge is 0.136 e. The fraction of sp³-hybridized carbons (Fsp3) is 0. The lowest BCUT2D eigenvalue weighted by atomic mass is 9.87. The van der Waals surface area contributed by atoms with Crippen LogP contribution in [0.2, 0.25) is 0 Å². The van der Waals surface area contributed by atoms with Crippen molar-refractivity contribution in [3.8, 4) is 22.5 Å². The van der Waals surface area contributed by atoms with Gasteiger partial charge in [0.1, 0.15) is 22.5 Å². The predicted octanol–water partition coefficient (Wildman–Crippen LogP) is 9.97. The Morgan fingerprint density at radius 1 is 0.361 bits per heavy atom. The number of fused-ring (bicyclic) bond motifs is 6. The van der Waals surface area contributed by atoms with Crippen LogP contribution in [0.5, 0.6) is 0 Å². The summed E-state index contributed by atoms with van der Waals surface area (Å²) in [5, 5.41) is 8.17. The van der Waals surface area contributed by atoms with Crippen LogP contribution >= 0.6 is 0 Å². The second-order valence-corrected chi connectivity index (χ2v) is 9.30. The second kappa shape index (κ2) is 7.34. The van der Waals surface area contributed by atoms with Gasteiger partial charge in [0.2, 0.25) is 0 Å². The fourth-order valence-corrected chi connectivity index (χ4v) is 5.69. The van der Waals surface area contributed by atoms with E-state index in [2.05, 4.69) is 97.1 Å². The van der Waals surface area contributed by atoms with E-state index in [4.69, 9.17) is 8.83 Å². The Hall–Kier alpha value is -4.82. The van der Waals surface area contributed by atoms with Crippen LogP contribution < -0.4 is 0 Å². The minimum Gasteiger partial charge on any atom is -0.456 e. The summed E-state index contributed by atoms with van der Waals surface area (Å²) in [6, 6.07) is 42.5. The zero-order valence-electron chi connectivity index (χ0n) is 19.4. The molecule has 0 saturated heterocycles. The summed E-state index contributed by atoms with van der Waals surface area (Å²) in [6.45, 7) is 0. The Morgan fingerprint density at radius 3 is 1.61 bits per heavy atom. The van der Waals surface area contributed by atoms with Gasteiger partial charge in [0.15, 0.2) is 0 Å². The van der Waals surface area contributed by atoms with Crippen molar-refractivity contribution in [3.63, 3.8) is 0 Å². The molecule has 2 heteroatoms. The third-order valence-corrected chi connectivity index (χ3v) is 7.27. The van der Waals surface area contributed by atoms with Crippen molar-refractivity contribution < 1.29 is 8.83 Å². The summed E-state index contributed by atoms with van der Waals surface area (Å²) in [5.41, 5.74) is 6.27. The maximum absolute atomic E-state index is 6.40. The van der Waals surface area contributed by atoms with E-state index < -0.39 is 0 Å². The lowest BCUT2D eigenvalue weighted by molar-refractivity contribution is 0.633. The highest BCUT2D eigenvalue weighted by Gasteiger charge is 2.19. The number of hydrogen-bond acceptors (Lipinski definition) is 2. The fourth-order valence-electron chi connectivity index (χ4n) is 5.69. The average Bonchev–Trinajstić information content (AvgIpc) is 3.52. The molecule has 0 unspecified atom stereocenters. The largest absolute Gasteiger partial charge is 0.456 e. The van der Waals surface area contributed by atoms with E-state index >= 15 is 0 Å². The molecule has 0 aliphatic rings. The third-order valence-electron chi connectivity index (χ3n) is 7.27. The van der Waals surface area contributed by atoms with E-state index in [1.54, 1.807) is 0 Å². The van der Waals surface area contributed by atoms with Crippen LogP contribution in [-0.4, -0.2) is 0 Å². The summed E-state index contributed by atoms with van der Waals surface area (Å²) in [5.74, 6) is 0.895. The first kappa shape index (κ1) is 19.5. The van der Waals surface area contributed by atoms with Gasteiger partial charge in [-0.3, -0.25) is 0 Å². The lowest BCUT2D eigenvalue weighted by Gasteiger charge is -2.16. The van der Waals surface area contributed by atoms with Crippen LogP contribution in [0.25, 0.3) is 76.9 Å². The Balaban J connectivity index is 1.50. The van der Waals surface area contributed by atoms with Crippen LogP contribution in [0.15, 0.2) is 130 Å². The van der Waals surface area contributed by atoms with E-state index in [1.165, 1.54) is 32.7 Å². The lowest BCUT2D eigenvalue weighted by Crippen LogP contribution is -1.89. The summed E-state index contributed by atoms with van der Waals surface area (Å²) < 4.78 is 12.5. The Morgan fingerprint density at radius 2 is 0.917 bits per heavy atom. The van der Waals surface area contributed by atoms with E-state index in [9.17, 15) is 0 Å². The highest BCUT2D eigenvalue weighted by Crippen LogP contribution is 2.45. The maximum Gasteiger partial charge on any atom is 0.136 e. The third kappa shape index (κ3) is 2.73. The Bertz CT molecular complexity index is 2020. The molecule has 8 rings (SSSR count). The standard InChI is InChI=1S/C34H20O2/c1-7-15-29-21(9-1)20-32(35-29)34-26-13-4-2-11-24(26)33(25-12-3-5-14-27(25)34)22-17-18-31-28(19-22)23-10-6-8-16-30(23)36-31/h1-20H. The first-order valence-electron chi connectivity index (χ1n) is 12.2. The van der Waals surface area contributed by atoms with Crippen LogP contribution in [-0.2, 0) is 0 Å². The Kier molecular flexibility index (Phi) is 3.97. The normalized spacial score (nSPS) is 11.9. The Labute approximate surface area is 207 Å². The van der Waals surface area contributed by atoms with Gasteiger partial charge in [-0.25, -0.2) is 0 Å². The molecule has 36 heavy (non-hydrogen) atoms. The van der Waals surface area contributed by atoms with Crippen LogP contribution in [0.1, 0.15) is 0 Å². The van der Waals surface area contributed by atoms with Gasteiger partial charge in [0.25, 0.3) is 0 Å². The summed E-state index contributed by atoms with van der Waals surface area (Å²) >= 11 is 0. The number of rotatable bonds is 2. The predicted molar refractivity (Wildman–Crippen MR) is 149 cm³/mol. The summed E-state index contributed by atoms with van der Waals surface area (Å²) in [4.78, 5) is 0. The number of hydrogen-bond donors (Lipinski definition) is 0. The molecule has 2 heterocycles.